The number of benzene rings is 2. The third-order valence-electron chi connectivity index (χ3n) is 5.00. The highest BCUT2D eigenvalue weighted by atomic mass is 35.5. The minimum atomic E-state index is 0.0599. The second-order valence-electron chi connectivity index (χ2n) is 7.02. The van der Waals surface area contributed by atoms with Crippen LogP contribution >= 0.6 is 11.6 Å². The Balaban J connectivity index is 1.64. The van der Waals surface area contributed by atoms with E-state index >= 15 is 0 Å². The third-order valence-corrected chi connectivity index (χ3v) is 5.25. The van der Waals surface area contributed by atoms with Crippen LogP contribution in [0.3, 0.4) is 0 Å². The fourth-order valence-electron chi connectivity index (χ4n) is 3.62. The van der Waals surface area contributed by atoms with E-state index in [-0.39, 0.29) is 5.91 Å². The van der Waals surface area contributed by atoms with Crippen LogP contribution in [0.4, 0.5) is 0 Å². The molecule has 4 nitrogen and oxygen atoms in total. The minimum Gasteiger partial charge on any atom is -0.353 e. The van der Waals surface area contributed by atoms with Crippen molar-refractivity contribution in [3.05, 3.63) is 71.4 Å². The molecule has 0 bridgehead atoms. The maximum atomic E-state index is 12.6. The van der Waals surface area contributed by atoms with Crippen LogP contribution in [-0.4, -0.2) is 21.7 Å². The molecule has 0 spiro atoms. The van der Waals surface area contributed by atoms with Crippen molar-refractivity contribution in [3.8, 4) is 16.9 Å². The van der Waals surface area contributed by atoms with Crippen LogP contribution < -0.4 is 5.32 Å². The van der Waals surface area contributed by atoms with Crippen LogP contribution in [0.15, 0.2) is 60.8 Å². The molecular formula is C22H22ClN3O. The standard InChI is InChI=1S/C22H22ClN3O/c23-18-12-10-16(11-13-18)22-17(14-21(27)24-19-6-4-5-7-19)15-26(25-22)20-8-2-1-3-9-20/h1-3,8-13,15,19H,4-7,14H2,(H,24,27). The Morgan fingerprint density at radius 1 is 1.07 bits per heavy atom. The van der Waals surface area contributed by atoms with Gasteiger partial charge in [0, 0.05) is 28.4 Å². The lowest BCUT2D eigenvalue weighted by atomic mass is 10.1. The van der Waals surface area contributed by atoms with Crippen molar-refractivity contribution in [2.45, 2.75) is 38.1 Å². The number of nitrogens with one attached hydrogen (secondary N) is 1. The Morgan fingerprint density at radius 3 is 2.48 bits per heavy atom. The van der Waals surface area contributed by atoms with Gasteiger partial charge in [-0.15, -0.1) is 0 Å². The molecule has 2 aromatic carbocycles. The molecule has 1 aliphatic rings. The zero-order valence-corrected chi connectivity index (χ0v) is 15.8. The van der Waals surface area contributed by atoms with Crippen molar-refractivity contribution in [3.63, 3.8) is 0 Å². The molecule has 5 heteroatoms. The molecule has 0 atom stereocenters. The summed E-state index contributed by atoms with van der Waals surface area (Å²) in [6.45, 7) is 0. The molecule has 27 heavy (non-hydrogen) atoms. The summed E-state index contributed by atoms with van der Waals surface area (Å²) in [4.78, 5) is 12.6. The summed E-state index contributed by atoms with van der Waals surface area (Å²) in [6.07, 6.45) is 6.84. The van der Waals surface area contributed by atoms with E-state index in [1.807, 2.05) is 65.5 Å². The lowest BCUT2D eigenvalue weighted by Crippen LogP contribution is -2.33. The van der Waals surface area contributed by atoms with Crippen molar-refractivity contribution < 1.29 is 4.79 Å². The van der Waals surface area contributed by atoms with E-state index in [0.717, 1.165) is 35.3 Å². The van der Waals surface area contributed by atoms with E-state index in [1.165, 1.54) is 12.8 Å². The van der Waals surface area contributed by atoms with Gasteiger partial charge in [-0.2, -0.15) is 5.10 Å². The summed E-state index contributed by atoms with van der Waals surface area (Å²) in [7, 11) is 0. The number of para-hydroxylation sites is 1. The van der Waals surface area contributed by atoms with Gasteiger partial charge in [0.05, 0.1) is 17.8 Å². The van der Waals surface area contributed by atoms with Crippen LogP contribution in [0.1, 0.15) is 31.2 Å². The second kappa shape index (κ2) is 7.97. The molecule has 0 saturated heterocycles. The molecular weight excluding hydrogens is 358 g/mol. The monoisotopic (exact) mass is 379 g/mol. The van der Waals surface area contributed by atoms with Gasteiger partial charge in [0.2, 0.25) is 5.91 Å². The smallest absolute Gasteiger partial charge is 0.224 e. The summed E-state index contributed by atoms with van der Waals surface area (Å²) < 4.78 is 1.84. The van der Waals surface area contributed by atoms with Crippen molar-refractivity contribution >= 4 is 17.5 Å². The minimum absolute atomic E-state index is 0.0599. The van der Waals surface area contributed by atoms with Crippen molar-refractivity contribution in [1.82, 2.24) is 15.1 Å². The van der Waals surface area contributed by atoms with E-state index in [9.17, 15) is 4.79 Å². The Kier molecular flexibility index (Phi) is 5.26. The van der Waals surface area contributed by atoms with Crippen LogP contribution in [0.2, 0.25) is 5.02 Å². The van der Waals surface area contributed by atoms with E-state index in [4.69, 9.17) is 16.7 Å². The number of carbonyl (C=O) groups is 1. The van der Waals surface area contributed by atoms with Gasteiger partial charge in [-0.25, -0.2) is 4.68 Å². The molecule has 1 amide bonds. The molecule has 1 aromatic heterocycles. The average Bonchev–Trinajstić information content (AvgIpc) is 3.33. The fraction of sp³-hybridized carbons (Fsp3) is 0.273. The van der Waals surface area contributed by atoms with Gasteiger partial charge < -0.3 is 5.32 Å². The molecule has 138 valence electrons. The second-order valence-corrected chi connectivity index (χ2v) is 7.45. The van der Waals surface area contributed by atoms with Gasteiger partial charge in [-0.05, 0) is 37.1 Å². The van der Waals surface area contributed by atoms with E-state index in [1.54, 1.807) is 0 Å². The van der Waals surface area contributed by atoms with Crippen molar-refractivity contribution in [2.75, 3.05) is 0 Å². The van der Waals surface area contributed by atoms with E-state index < -0.39 is 0 Å². The van der Waals surface area contributed by atoms with Crippen molar-refractivity contribution in [2.24, 2.45) is 0 Å². The van der Waals surface area contributed by atoms with Crippen LogP contribution in [0, 0.1) is 0 Å². The Morgan fingerprint density at radius 2 is 1.78 bits per heavy atom. The first-order chi connectivity index (χ1) is 13.2. The first-order valence-electron chi connectivity index (χ1n) is 9.38. The maximum Gasteiger partial charge on any atom is 0.224 e. The summed E-state index contributed by atoms with van der Waals surface area (Å²) in [5, 5.41) is 8.61. The fourth-order valence-corrected chi connectivity index (χ4v) is 3.75. The first kappa shape index (κ1) is 17.8. The third kappa shape index (κ3) is 4.22. The van der Waals surface area contributed by atoms with Gasteiger partial charge >= 0.3 is 0 Å². The number of hydrogen-bond acceptors (Lipinski definition) is 2. The molecule has 3 aromatic rings. The van der Waals surface area contributed by atoms with Gasteiger partial charge in [-0.1, -0.05) is 54.8 Å². The molecule has 4 rings (SSSR count). The highest BCUT2D eigenvalue weighted by Gasteiger charge is 2.20. The predicted octanol–water partition coefficient (Wildman–Crippen LogP) is 4.79. The van der Waals surface area contributed by atoms with Gasteiger partial charge in [0.25, 0.3) is 0 Å². The number of amides is 1. The molecule has 0 unspecified atom stereocenters. The quantitative estimate of drug-likeness (QED) is 0.692. The number of rotatable bonds is 5. The van der Waals surface area contributed by atoms with E-state index in [0.29, 0.717) is 17.5 Å². The molecule has 1 heterocycles. The lowest BCUT2D eigenvalue weighted by molar-refractivity contribution is -0.121. The molecule has 0 aliphatic heterocycles. The molecule has 1 N–H and O–H groups in total. The highest BCUT2D eigenvalue weighted by molar-refractivity contribution is 6.30. The number of carbonyl (C=O) groups excluding carboxylic acids is 1. The largest absolute Gasteiger partial charge is 0.353 e. The van der Waals surface area contributed by atoms with E-state index in [2.05, 4.69) is 5.32 Å². The summed E-state index contributed by atoms with van der Waals surface area (Å²) >= 11 is 6.03. The van der Waals surface area contributed by atoms with Crippen LogP contribution in [0.25, 0.3) is 16.9 Å². The maximum absolute atomic E-state index is 12.6. The number of halogens is 1. The summed E-state index contributed by atoms with van der Waals surface area (Å²) in [6, 6.07) is 17.8. The molecule has 1 saturated carbocycles. The van der Waals surface area contributed by atoms with Gasteiger partial charge in [-0.3, -0.25) is 4.79 Å². The van der Waals surface area contributed by atoms with Crippen LogP contribution in [-0.2, 0) is 11.2 Å². The Hall–Kier alpha value is -2.59. The van der Waals surface area contributed by atoms with Crippen molar-refractivity contribution in [1.29, 1.82) is 0 Å². The zero-order chi connectivity index (χ0) is 18.6. The number of aromatic nitrogens is 2. The normalized spacial score (nSPS) is 14.4. The van der Waals surface area contributed by atoms with Gasteiger partial charge in [0.15, 0.2) is 0 Å². The first-order valence-corrected chi connectivity index (χ1v) is 9.76. The SMILES string of the molecule is O=C(Cc1cn(-c2ccccc2)nc1-c1ccc(Cl)cc1)NC1CCCC1. The zero-order valence-electron chi connectivity index (χ0n) is 15.1. The lowest BCUT2D eigenvalue weighted by Gasteiger charge is -2.11. The topological polar surface area (TPSA) is 46.9 Å². The number of nitrogens with zero attached hydrogens (tertiary/aromatic N) is 2. The number of hydrogen-bond donors (Lipinski definition) is 1. The van der Waals surface area contributed by atoms with Gasteiger partial charge in [0.1, 0.15) is 0 Å². The molecule has 1 fully saturated rings. The van der Waals surface area contributed by atoms with Crippen LogP contribution in [0.5, 0.6) is 0 Å². The highest BCUT2D eigenvalue weighted by Crippen LogP contribution is 2.26. The summed E-state index contributed by atoms with van der Waals surface area (Å²) in [5.41, 5.74) is 3.65. The molecule has 0 radical (unpaired) electrons. The summed E-state index contributed by atoms with van der Waals surface area (Å²) in [5.74, 6) is 0.0599. The predicted molar refractivity (Wildman–Crippen MR) is 108 cm³/mol. The Bertz CT molecular complexity index is 912. The Labute approximate surface area is 164 Å². The molecule has 1 aliphatic carbocycles. The average molecular weight is 380 g/mol.